The van der Waals surface area contributed by atoms with Gasteiger partial charge >= 0.3 is 0 Å². The minimum absolute atomic E-state index is 0. The molecule has 2 rings (SSSR count). The standard InChI is InChI=1S/C18H23ClN2O.2ClH/c1-21(2)11-10-20-13-16-4-3-5-18(12-16)22-14-15-6-8-17(19)9-7-15;;/h3-9,12,20H,10-11,13-14H2,1-2H3;2*1H. The molecule has 0 atom stereocenters. The predicted molar refractivity (Wildman–Crippen MR) is 107 cm³/mol. The molecule has 2 aromatic rings. The molecule has 0 spiro atoms. The molecule has 6 heteroatoms. The Bertz CT molecular complexity index is 577. The molecule has 0 bridgehead atoms. The van der Waals surface area contributed by atoms with E-state index in [0.29, 0.717) is 6.61 Å². The number of nitrogens with one attached hydrogen (secondary N) is 1. The normalized spacial score (nSPS) is 10.0. The summed E-state index contributed by atoms with van der Waals surface area (Å²) in [5, 5.41) is 4.17. The van der Waals surface area contributed by atoms with Crippen molar-refractivity contribution < 1.29 is 4.74 Å². The second-order valence-corrected chi connectivity index (χ2v) is 5.98. The third-order valence-electron chi connectivity index (χ3n) is 3.28. The Morgan fingerprint density at radius 3 is 2.38 bits per heavy atom. The molecule has 0 radical (unpaired) electrons. The van der Waals surface area contributed by atoms with Crippen LogP contribution in [0.1, 0.15) is 11.1 Å². The second-order valence-electron chi connectivity index (χ2n) is 5.54. The number of likely N-dealkylation sites (N-methyl/N-ethyl adjacent to an activating group) is 1. The SMILES string of the molecule is CN(C)CCNCc1cccc(OCc2ccc(Cl)cc2)c1.Cl.Cl. The third kappa shape index (κ3) is 8.76. The summed E-state index contributed by atoms with van der Waals surface area (Å²) in [5.74, 6) is 0.891. The molecule has 0 saturated heterocycles. The highest BCUT2D eigenvalue weighted by Gasteiger charge is 1.99. The third-order valence-corrected chi connectivity index (χ3v) is 3.53. The van der Waals surface area contributed by atoms with E-state index in [2.05, 4.69) is 36.4 Å². The molecule has 24 heavy (non-hydrogen) atoms. The van der Waals surface area contributed by atoms with Crippen molar-refractivity contribution in [3.05, 3.63) is 64.7 Å². The lowest BCUT2D eigenvalue weighted by molar-refractivity contribution is 0.306. The molecule has 3 nitrogen and oxygen atoms in total. The first kappa shape index (κ1) is 23.0. The van der Waals surface area contributed by atoms with Crippen molar-refractivity contribution in [2.45, 2.75) is 13.2 Å². The monoisotopic (exact) mass is 390 g/mol. The van der Waals surface area contributed by atoms with Crippen LogP contribution in [0.25, 0.3) is 0 Å². The summed E-state index contributed by atoms with van der Waals surface area (Å²) in [5.41, 5.74) is 2.34. The highest BCUT2D eigenvalue weighted by molar-refractivity contribution is 6.30. The molecular formula is C18H25Cl3N2O. The van der Waals surface area contributed by atoms with Gasteiger partial charge in [0, 0.05) is 24.7 Å². The Labute approximate surface area is 162 Å². The lowest BCUT2D eigenvalue weighted by atomic mass is 10.2. The van der Waals surface area contributed by atoms with Crippen LogP contribution in [-0.4, -0.2) is 32.1 Å². The van der Waals surface area contributed by atoms with Crippen LogP contribution >= 0.6 is 36.4 Å². The maximum absolute atomic E-state index is 5.88. The second kappa shape index (κ2) is 12.4. The van der Waals surface area contributed by atoms with Crippen LogP contribution in [0, 0.1) is 0 Å². The molecule has 1 N–H and O–H groups in total. The van der Waals surface area contributed by atoms with Crippen molar-refractivity contribution in [1.29, 1.82) is 0 Å². The van der Waals surface area contributed by atoms with Crippen LogP contribution in [0.2, 0.25) is 5.02 Å². The van der Waals surface area contributed by atoms with Gasteiger partial charge in [-0.3, -0.25) is 0 Å². The van der Waals surface area contributed by atoms with E-state index in [-0.39, 0.29) is 24.8 Å². The Hall–Kier alpha value is -0.970. The van der Waals surface area contributed by atoms with Crippen LogP contribution in [0.3, 0.4) is 0 Å². The Morgan fingerprint density at radius 1 is 1.00 bits per heavy atom. The van der Waals surface area contributed by atoms with Gasteiger partial charge in [-0.25, -0.2) is 0 Å². The quantitative estimate of drug-likeness (QED) is 0.674. The minimum Gasteiger partial charge on any atom is -0.489 e. The van der Waals surface area contributed by atoms with Crippen LogP contribution in [0.5, 0.6) is 5.75 Å². The number of benzene rings is 2. The van der Waals surface area contributed by atoms with Gasteiger partial charge < -0.3 is 15.0 Å². The number of rotatable bonds is 8. The summed E-state index contributed by atoms with van der Waals surface area (Å²) in [6.07, 6.45) is 0. The van der Waals surface area contributed by atoms with Crippen LogP contribution in [-0.2, 0) is 13.2 Å². The first-order valence-corrected chi connectivity index (χ1v) is 7.83. The van der Waals surface area contributed by atoms with Gasteiger partial charge in [-0.15, -0.1) is 24.8 Å². The first-order chi connectivity index (χ1) is 10.6. The fourth-order valence-electron chi connectivity index (χ4n) is 2.03. The van der Waals surface area contributed by atoms with E-state index in [1.807, 2.05) is 36.4 Å². The zero-order chi connectivity index (χ0) is 15.8. The molecule has 0 unspecified atom stereocenters. The first-order valence-electron chi connectivity index (χ1n) is 7.45. The van der Waals surface area contributed by atoms with E-state index < -0.39 is 0 Å². The summed E-state index contributed by atoms with van der Waals surface area (Å²) in [7, 11) is 4.15. The zero-order valence-electron chi connectivity index (χ0n) is 14.0. The summed E-state index contributed by atoms with van der Waals surface area (Å²) in [6, 6.07) is 15.9. The van der Waals surface area contributed by atoms with Crippen molar-refractivity contribution >= 4 is 36.4 Å². The van der Waals surface area contributed by atoms with E-state index in [4.69, 9.17) is 16.3 Å². The summed E-state index contributed by atoms with van der Waals surface area (Å²) in [6.45, 7) is 3.41. The summed E-state index contributed by atoms with van der Waals surface area (Å²) in [4.78, 5) is 2.17. The predicted octanol–water partition coefficient (Wildman–Crippen LogP) is 4.41. The van der Waals surface area contributed by atoms with Crippen molar-refractivity contribution in [2.75, 3.05) is 27.2 Å². The van der Waals surface area contributed by atoms with E-state index in [1.54, 1.807) is 0 Å². The Balaban J connectivity index is 0.00000264. The maximum Gasteiger partial charge on any atom is 0.120 e. The minimum atomic E-state index is 0. The van der Waals surface area contributed by atoms with Gasteiger partial charge in [-0.05, 0) is 49.5 Å². The molecule has 0 aliphatic carbocycles. The van der Waals surface area contributed by atoms with Gasteiger partial charge in [0.25, 0.3) is 0 Å². The van der Waals surface area contributed by atoms with Gasteiger partial charge in [0.1, 0.15) is 12.4 Å². The molecule has 0 aliphatic heterocycles. The lowest BCUT2D eigenvalue weighted by Gasteiger charge is -2.11. The largest absolute Gasteiger partial charge is 0.489 e. The molecule has 0 amide bonds. The Morgan fingerprint density at radius 2 is 1.71 bits per heavy atom. The van der Waals surface area contributed by atoms with Gasteiger partial charge in [0.2, 0.25) is 0 Å². The number of ether oxygens (including phenoxy) is 1. The average molecular weight is 392 g/mol. The summed E-state index contributed by atoms with van der Waals surface area (Å²) < 4.78 is 5.84. The smallest absolute Gasteiger partial charge is 0.120 e. The Kier molecular flexibility index (Phi) is 11.9. The molecule has 0 aliphatic rings. The topological polar surface area (TPSA) is 24.5 Å². The molecule has 134 valence electrons. The summed E-state index contributed by atoms with van der Waals surface area (Å²) >= 11 is 5.88. The molecule has 2 aromatic carbocycles. The zero-order valence-corrected chi connectivity index (χ0v) is 16.4. The highest BCUT2D eigenvalue weighted by Crippen LogP contribution is 2.16. The molecule has 0 aromatic heterocycles. The maximum atomic E-state index is 5.88. The number of nitrogens with zero attached hydrogens (tertiary/aromatic N) is 1. The van der Waals surface area contributed by atoms with Crippen LogP contribution in [0.4, 0.5) is 0 Å². The van der Waals surface area contributed by atoms with Gasteiger partial charge in [0.05, 0.1) is 0 Å². The van der Waals surface area contributed by atoms with Gasteiger partial charge in [-0.1, -0.05) is 35.9 Å². The fraction of sp³-hybridized carbons (Fsp3) is 0.333. The molecule has 0 heterocycles. The number of hydrogen-bond acceptors (Lipinski definition) is 3. The van der Waals surface area contributed by atoms with Crippen LogP contribution in [0.15, 0.2) is 48.5 Å². The van der Waals surface area contributed by atoms with Crippen LogP contribution < -0.4 is 10.1 Å². The van der Waals surface area contributed by atoms with Gasteiger partial charge in [0.15, 0.2) is 0 Å². The van der Waals surface area contributed by atoms with E-state index in [0.717, 1.165) is 36.0 Å². The average Bonchev–Trinajstić information content (AvgIpc) is 2.51. The fourth-order valence-corrected chi connectivity index (χ4v) is 2.15. The number of halogens is 3. The lowest BCUT2D eigenvalue weighted by Crippen LogP contribution is -2.26. The molecule has 0 saturated carbocycles. The van der Waals surface area contributed by atoms with Crippen molar-refractivity contribution in [2.24, 2.45) is 0 Å². The van der Waals surface area contributed by atoms with E-state index >= 15 is 0 Å². The highest BCUT2D eigenvalue weighted by atomic mass is 35.5. The van der Waals surface area contributed by atoms with E-state index in [1.165, 1.54) is 5.56 Å². The van der Waals surface area contributed by atoms with Crippen molar-refractivity contribution in [3.63, 3.8) is 0 Å². The molecular weight excluding hydrogens is 367 g/mol. The van der Waals surface area contributed by atoms with E-state index in [9.17, 15) is 0 Å². The van der Waals surface area contributed by atoms with Crippen molar-refractivity contribution in [3.8, 4) is 5.75 Å². The van der Waals surface area contributed by atoms with Gasteiger partial charge in [-0.2, -0.15) is 0 Å². The van der Waals surface area contributed by atoms with Crippen molar-refractivity contribution in [1.82, 2.24) is 10.2 Å². The number of hydrogen-bond donors (Lipinski definition) is 1. The molecule has 0 fully saturated rings.